The van der Waals surface area contributed by atoms with Gasteiger partial charge in [-0.2, -0.15) is 0 Å². The third-order valence-corrected chi connectivity index (χ3v) is 2.06. The van der Waals surface area contributed by atoms with Gasteiger partial charge in [0.2, 0.25) is 0 Å². The van der Waals surface area contributed by atoms with Crippen LogP contribution >= 0.6 is 15.9 Å². The van der Waals surface area contributed by atoms with Crippen LogP contribution in [-0.4, -0.2) is 9.97 Å². The van der Waals surface area contributed by atoms with Gasteiger partial charge in [0, 0.05) is 23.5 Å². The topological polar surface area (TPSA) is 51.8 Å². The summed E-state index contributed by atoms with van der Waals surface area (Å²) in [6, 6.07) is 3.60. The summed E-state index contributed by atoms with van der Waals surface area (Å²) in [5.41, 5.74) is 7.28. The molecular formula is C8H6BrN3. The van der Waals surface area contributed by atoms with E-state index in [0.717, 1.165) is 15.5 Å². The Balaban J connectivity index is 2.86. The molecule has 2 N–H and O–H groups in total. The monoisotopic (exact) mass is 223 g/mol. The average Bonchev–Trinajstić information content (AvgIpc) is 2.04. The molecule has 0 radical (unpaired) electrons. The first-order chi connectivity index (χ1) is 5.77. The number of hydrogen-bond donors (Lipinski definition) is 1. The van der Waals surface area contributed by atoms with Crippen molar-refractivity contribution in [1.29, 1.82) is 0 Å². The normalized spacial score (nSPS) is 10.4. The van der Waals surface area contributed by atoms with Crippen LogP contribution in [0.25, 0.3) is 10.9 Å². The van der Waals surface area contributed by atoms with Gasteiger partial charge in [0.15, 0.2) is 0 Å². The van der Waals surface area contributed by atoms with E-state index in [0.29, 0.717) is 5.69 Å². The maximum Gasteiger partial charge on any atom is 0.108 e. The SMILES string of the molecule is Nc1ccnc2cc(Br)ncc12. The van der Waals surface area contributed by atoms with E-state index in [2.05, 4.69) is 25.9 Å². The minimum absolute atomic E-state index is 0.708. The quantitative estimate of drug-likeness (QED) is 0.696. The summed E-state index contributed by atoms with van der Waals surface area (Å²) in [5, 5.41) is 0.890. The van der Waals surface area contributed by atoms with Crippen LogP contribution in [0.5, 0.6) is 0 Å². The van der Waals surface area contributed by atoms with Crippen molar-refractivity contribution < 1.29 is 0 Å². The van der Waals surface area contributed by atoms with Gasteiger partial charge in [-0.25, -0.2) is 4.98 Å². The third-order valence-electron chi connectivity index (χ3n) is 1.63. The number of nitrogens with two attached hydrogens (primary N) is 1. The summed E-state index contributed by atoms with van der Waals surface area (Å²) in [6.45, 7) is 0. The van der Waals surface area contributed by atoms with Crippen molar-refractivity contribution in [2.45, 2.75) is 0 Å². The molecule has 0 aliphatic rings. The van der Waals surface area contributed by atoms with Gasteiger partial charge in [0.05, 0.1) is 5.52 Å². The molecule has 0 unspecified atom stereocenters. The number of halogens is 1. The molecule has 0 amide bonds. The number of rotatable bonds is 0. The standard InChI is InChI=1S/C8H6BrN3/c9-8-3-7-5(4-12-8)6(10)1-2-11-7/h1-4H,(H2,10,11). The highest BCUT2D eigenvalue weighted by Gasteiger charge is 1.98. The Bertz CT molecular complexity index is 428. The molecule has 2 rings (SSSR count). The molecule has 2 aromatic rings. The lowest BCUT2D eigenvalue weighted by atomic mass is 10.2. The zero-order valence-electron chi connectivity index (χ0n) is 6.16. The zero-order chi connectivity index (χ0) is 8.55. The predicted octanol–water partition coefficient (Wildman–Crippen LogP) is 1.97. The molecule has 0 aliphatic carbocycles. The minimum Gasteiger partial charge on any atom is -0.398 e. The second-order valence-electron chi connectivity index (χ2n) is 2.42. The Labute approximate surface area is 77.8 Å². The second kappa shape index (κ2) is 2.71. The molecule has 0 fully saturated rings. The van der Waals surface area contributed by atoms with Gasteiger partial charge in [-0.05, 0) is 28.1 Å². The third kappa shape index (κ3) is 1.14. The molecule has 0 saturated carbocycles. The summed E-state index contributed by atoms with van der Waals surface area (Å²) in [5.74, 6) is 0. The fourth-order valence-corrected chi connectivity index (χ4v) is 1.36. The van der Waals surface area contributed by atoms with E-state index < -0.39 is 0 Å². The van der Waals surface area contributed by atoms with Crippen LogP contribution in [0.1, 0.15) is 0 Å². The number of hydrogen-bond acceptors (Lipinski definition) is 3. The minimum atomic E-state index is 0.708. The smallest absolute Gasteiger partial charge is 0.108 e. The van der Waals surface area contributed by atoms with Gasteiger partial charge in [-0.15, -0.1) is 0 Å². The highest BCUT2D eigenvalue weighted by atomic mass is 79.9. The lowest BCUT2D eigenvalue weighted by Gasteiger charge is -1.99. The fraction of sp³-hybridized carbons (Fsp3) is 0. The van der Waals surface area contributed by atoms with Gasteiger partial charge in [-0.3, -0.25) is 4.98 Å². The van der Waals surface area contributed by atoms with Crippen LogP contribution < -0.4 is 5.73 Å². The highest BCUT2D eigenvalue weighted by Crippen LogP contribution is 2.19. The van der Waals surface area contributed by atoms with Crippen LogP contribution in [0.15, 0.2) is 29.1 Å². The van der Waals surface area contributed by atoms with Crippen LogP contribution in [0.4, 0.5) is 5.69 Å². The van der Waals surface area contributed by atoms with Crippen molar-refractivity contribution in [3.63, 3.8) is 0 Å². The largest absolute Gasteiger partial charge is 0.398 e. The molecule has 2 aromatic heterocycles. The zero-order valence-corrected chi connectivity index (χ0v) is 7.75. The molecule has 12 heavy (non-hydrogen) atoms. The van der Waals surface area contributed by atoms with E-state index >= 15 is 0 Å². The van der Waals surface area contributed by atoms with Crippen LogP contribution in [0, 0.1) is 0 Å². The van der Waals surface area contributed by atoms with Crippen molar-refractivity contribution in [3.05, 3.63) is 29.1 Å². The fourth-order valence-electron chi connectivity index (χ4n) is 1.04. The number of anilines is 1. The van der Waals surface area contributed by atoms with E-state index in [-0.39, 0.29) is 0 Å². The summed E-state index contributed by atoms with van der Waals surface area (Å²) in [7, 11) is 0. The molecule has 60 valence electrons. The van der Waals surface area contributed by atoms with Crippen molar-refractivity contribution in [1.82, 2.24) is 9.97 Å². The lowest BCUT2D eigenvalue weighted by molar-refractivity contribution is 1.28. The van der Waals surface area contributed by atoms with Gasteiger partial charge < -0.3 is 5.73 Å². The first kappa shape index (κ1) is 7.49. The lowest BCUT2D eigenvalue weighted by Crippen LogP contribution is -1.89. The molecule has 2 heterocycles. The number of nitrogens with zero attached hydrogens (tertiary/aromatic N) is 2. The molecule has 0 bridgehead atoms. The molecule has 0 aromatic carbocycles. The van der Waals surface area contributed by atoms with Crippen molar-refractivity contribution in [3.8, 4) is 0 Å². The number of fused-ring (bicyclic) bond motifs is 1. The molecule has 0 atom stereocenters. The Morgan fingerprint density at radius 1 is 1.33 bits per heavy atom. The Morgan fingerprint density at radius 2 is 2.17 bits per heavy atom. The maximum atomic E-state index is 5.71. The van der Waals surface area contributed by atoms with Gasteiger partial charge in [0.25, 0.3) is 0 Å². The summed E-state index contributed by atoms with van der Waals surface area (Å²) in [6.07, 6.45) is 3.39. The first-order valence-electron chi connectivity index (χ1n) is 3.43. The average molecular weight is 224 g/mol. The van der Waals surface area contributed by atoms with E-state index in [9.17, 15) is 0 Å². The van der Waals surface area contributed by atoms with Gasteiger partial charge in [0.1, 0.15) is 4.60 Å². The van der Waals surface area contributed by atoms with Crippen molar-refractivity contribution in [2.75, 3.05) is 5.73 Å². The van der Waals surface area contributed by atoms with E-state index in [4.69, 9.17) is 5.73 Å². The van der Waals surface area contributed by atoms with E-state index in [1.54, 1.807) is 18.5 Å². The molecule has 4 heteroatoms. The van der Waals surface area contributed by atoms with Gasteiger partial charge in [-0.1, -0.05) is 0 Å². The molecule has 0 spiro atoms. The summed E-state index contributed by atoms with van der Waals surface area (Å²) in [4.78, 5) is 8.22. The maximum absolute atomic E-state index is 5.71. The van der Waals surface area contributed by atoms with E-state index in [1.807, 2.05) is 6.07 Å². The number of nitrogen functional groups attached to an aromatic ring is 1. The molecule has 0 aliphatic heterocycles. The Kier molecular flexibility index (Phi) is 1.69. The van der Waals surface area contributed by atoms with Crippen LogP contribution in [-0.2, 0) is 0 Å². The molecular weight excluding hydrogens is 218 g/mol. The van der Waals surface area contributed by atoms with Gasteiger partial charge >= 0.3 is 0 Å². The highest BCUT2D eigenvalue weighted by molar-refractivity contribution is 9.10. The van der Waals surface area contributed by atoms with E-state index in [1.165, 1.54) is 0 Å². The summed E-state index contributed by atoms with van der Waals surface area (Å²) >= 11 is 3.27. The predicted molar refractivity (Wildman–Crippen MR) is 51.7 cm³/mol. The first-order valence-corrected chi connectivity index (χ1v) is 4.22. The van der Waals surface area contributed by atoms with Crippen LogP contribution in [0.2, 0.25) is 0 Å². The molecule has 3 nitrogen and oxygen atoms in total. The van der Waals surface area contributed by atoms with Crippen molar-refractivity contribution in [2.24, 2.45) is 0 Å². The van der Waals surface area contributed by atoms with Crippen molar-refractivity contribution >= 4 is 32.5 Å². The van der Waals surface area contributed by atoms with Crippen LogP contribution in [0.3, 0.4) is 0 Å². The summed E-state index contributed by atoms with van der Waals surface area (Å²) < 4.78 is 0.771. The second-order valence-corrected chi connectivity index (χ2v) is 3.24. The number of aromatic nitrogens is 2. The number of pyridine rings is 2. The Hall–Kier alpha value is -1.16. The molecule has 0 saturated heterocycles. The Morgan fingerprint density at radius 3 is 3.00 bits per heavy atom.